The highest BCUT2D eigenvalue weighted by Gasteiger charge is 2.45. The molecule has 4 heterocycles. The first-order valence-electron chi connectivity index (χ1n) is 12.9. The van der Waals surface area contributed by atoms with Gasteiger partial charge in [0, 0.05) is 43.4 Å². The molecule has 0 amide bonds. The van der Waals surface area contributed by atoms with E-state index < -0.39 is 21.8 Å². The number of H-pyrrole nitrogens is 1. The Bertz CT molecular complexity index is 1210. The van der Waals surface area contributed by atoms with Gasteiger partial charge in [0.05, 0.1) is 5.75 Å². The lowest BCUT2D eigenvalue weighted by atomic mass is 9.83. The molecule has 0 saturated carbocycles. The summed E-state index contributed by atoms with van der Waals surface area (Å²) in [6.45, 7) is 5.05. The molecule has 0 aromatic carbocycles. The Morgan fingerprint density at radius 3 is 2.57 bits per heavy atom. The average Bonchev–Trinajstić information content (AvgIpc) is 3.27. The predicted octanol–water partition coefficient (Wildman–Crippen LogP) is 3.41. The Labute approximate surface area is 217 Å². The van der Waals surface area contributed by atoms with Gasteiger partial charge in [-0.25, -0.2) is 17.8 Å². The van der Waals surface area contributed by atoms with Crippen molar-refractivity contribution in [1.29, 1.82) is 0 Å². The summed E-state index contributed by atoms with van der Waals surface area (Å²) in [6, 6.07) is 1.53. The van der Waals surface area contributed by atoms with Crippen LogP contribution < -0.4 is 10.2 Å². The topological polar surface area (TPSA) is 133 Å². The number of aromatic nitrogens is 4. The fourth-order valence-corrected chi connectivity index (χ4v) is 6.83. The maximum atomic E-state index is 15.4. The lowest BCUT2D eigenvalue weighted by Gasteiger charge is -2.49. The number of sulfonamides is 1. The second-order valence-electron chi connectivity index (χ2n) is 9.81. The molecular formula is C24H36FN7O4S. The van der Waals surface area contributed by atoms with Crippen molar-refractivity contribution < 1.29 is 22.3 Å². The highest BCUT2D eigenvalue weighted by atomic mass is 32.2. The molecule has 2 fully saturated rings. The van der Waals surface area contributed by atoms with Gasteiger partial charge in [-0.15, -0.1) is 0 Å². The molecule has 2 aliphatic rings. The largest absolute Gasteiger partial charge is 0.459 e. The number of hydrogen-bond donors (Lipinski definition) is 2. The van der Waals surface area contributed by atoms with Gasteiger partial charge in [0.2, 0.25) is 16.0 Å². The third kappa shape index (κ3) is 6.03. The quantitative estimate of drug-likeness (QED) is 0.437. The predicted molar refractivity (Wildman–Crippen MR) is 137 cm³/mol. The van der Waals surface area contributed by atoms with Crippen LogP contribution in [0.4, 0.5) is 22.0 Å². The van der Waals surface area contributed by atoms with Crippen LogP contribution in [0.25, 0.3) is 0 Å². The van der Waals surface area contributed by atoms with E-state index in [1.807, 2.05) is 25.8 Å². The first-order valence-corrected chi connectivity index (χ1v) is 14.5. The van der Waals surface area contributed by atoms with Crippen LogP contribution in [0.2, 0.25) is 0 Å². The monoisotopic (exact) mass is 537 g/mol. The van der Waals surface area contributed by atoms with Crippen LogP contribution >= 0.6 is 0 Å². The minimum absolute atomic E-state index is 0.0277. The van der Waals surface area contributed by atoms with E-state index in [0.29, 0.717) is 25.1 Å². The molecule has 13 heteroatoms. The highest BCUT2D eigenvalue weighted by Crippen LogP contribution is 2.38. The van der Waals surface area contributed by atoms with E-state index in [2.05, 4.69) is 25.5 Å². The van der Waals surface area contributed by atoms with Crippen LogP contribution in [0, 0.1) is 12.7 Å². The van der Waals surface area contributed by atoms with Gasteiger partial charge in [-0.2, -0.15) is 14.4 Å². The molecule has 0 radical (unpaired) electrons. The lowest BCUT2D eigenvalue weighted by Crippen LogP contribution is -2.58. The highest BCUT2D eigenvalue weighted by molar-refractivity contribution is 7.89. The number of aromatic amines is 1. The number of ether oxygens (including phenoxy) is 1. The van der Waals surface area contributed by atoms with E-state index in [-0.39, 0.29) is 54.4 Å². The van der Waals surface area contributed by atoms with Crippen LogP contribution in [-0.4, -0.2) is 69.8 Å². The number of anilines is 3. The molecule has 37 heavy (non-hydrogen) atoms. The minimum Gasteiger partial charge on any atom is -0.459 e. The number of nitrogens with zero attached hydrogens (tertiary/aromatic N) is 5. The molecular weight excluding hydrogens is 501 g/mol. The average molecular weight is 538 g/mol. The molecule has 0 spiro atoms. The van der Waals surface area contributed by atoms with E-state index in [1.54, 1.807) is 17.3 Å². The summed E-state index contributed by atoms with van der Waals surface area (Å²) < 4.78 is 47.9. The number of esters is 1. The molecule has 2 N–H and O–H groups in total. The molecule has 2 aromatic rings. The second-order valence-corrected chi connectivity index (χ2v) is 12.0. The summed E-state index contributed by atoms with van der Waals surface area (Å²) in [7, 11) is -1.46. The zero-order valence-electron chi connectivity index (χ0n) is 21.8. The summed E-state index contributed by atoms with van der Waals surface area (Å²) in [5, 5.41) is 9.79. The van der Waals surface area contributed by atoms with Crippen LogP contribution in [-0.2, 0) is 26.2 Å². The standard InChI is InChI=1S/C24H36FN7O4S/c1-5-8-21(33)36-14-19-22(25)23(27-20-11-15(3)29-30-20)28-24(26-19)31(4)18-12-16-9-7-10-17(13-18)32(16)37(34,35)6-2/h11,16-18H,5-10,12-14H2,1-4H3,(H2,26,27,28,29,30)/t16-,17+,18-. The number of halogens is 1. The minimum atomic E-state index is -3.30. The van der Waals surface area contributed by atoms with Crippen molar-refractivity contribution in [2.45, 2.75) is 90.4 Å². The van der Waals surface area contributed by atoms with Crippen LogP contribution in [0.5, 0.6) is 0 Å². The second kappa shape index (κ2) is 11.3. The lowest BCUT2D eigenvalue weighted by molar-refractivity contribution is -0.145. The number of piperidine rings is 2. The van der Waals surface area contributed by atoms with Crippen molar-refractivity contribution in [1.82, 2.24) is 24.5 Å². The number of fused-ring (bicyclic) bond motifs is 2. The Hall–Kier alpha value is -2.80. The molecule has 4 rings (SSSR count). The van der Waals surface area contributed by atoms with Gasteiger partial charge >= 0.3 is 5.97 Å². The number of rotatable bonds is 10. The number of carbonyl (C=O) groups is 1. The van der Waals surface area contributed by atoms with E-state index in [4.69, 9.17) is 4.74 Å². The SMILES string of the molecule is CCCC(=O)OCc1nc(N(C)[C@@H]2C[C@H]3CCC[C@@H](C2)N3S(=O)(=O)CC)nc(Nc2cc(C)[nH]n2)c1F. The Kier molecular flexibility index (Phi) is 8.32. The third-order valence-corrected chi connectivity index (χ3v) is 9.08. The zero-order valence-corrected chi connectivity index (χ0v) is 22.6. The van der Waals surface area contributed by atoms with Gasteiger partial charge in [0.25, 0.3) is 0 Å². The van der Waals surface area contributed by atoms with Gasteiger partial charge in [-0.3, -0.25) is 9.89 Å². The molecule has 0 aliphatic carbocycles. The van der Waals surface area contributed by atoms with Crippen LogP contribution in [0.15, 0.2) is 6.07 Å². The van der Waals surface area contributed by atoms with Gasteiger partial charge in [-0.1, -0.05) is 13.3 Å². The number of hydrogen-bond acceptors (Lipinski definition) is 9. The molecule has 2 saturated heterocycles. The van der Waals surface area contributed by atoms with Gasteiger partial charge < -0.3 is 15.0 Å². The molecule has 204 valence electrons. The summed E-state index contributed by atoms with van der Waals surface area (Å²) in [5.74, 6) is -0.467. The maximum Gasteiger partial charge on any atom is 0.306 e. The number of nitrogens with one attached hydrogen (secondary N) is 2. The summed E-state index contributed by atoms with van der Waals surface area (Å²) in [4.78, 5) is 22.7. The summed E-state index contributed by atoms with van der Waals surface area (Å²) in [5.41, 5.74) is 0.755. The molecule has 2 aromatic heterocycles. The third-order valence-electron chi connectivity index (χ3n) is 7.12. The van der Waals surface area contributed by atoms with E-state index in [1.165, 1.54) is 0 Å². The normalized spacial score (nSPS) is 22.0. The molecule has 11 nitrogen and oxygen atoms in total. The van der Waals surface area contributed by atoms with Crippen molar-refractivity contribution in [3.8, 4) is 0 Å². The summed E-state index contributed by atoms with van der Waals surface area (Å²) in [6.07, 6.45) is 4.75. The Morgan fingerprint density at radius 1 is 1.27 bits per heavy atom. The van der Waals surface area contributed by atoms with Crippen molar-refractivity contribution in [3.05, 3.63) is 23.3 Å². The first-order chi connectivity index (χ1) is 17.6. The summed E-state index contributed by atoms with van der Waals surface area (Å²) >= 11 is 0. The Balaban J connectivity index is 1.62. The Morgan fingerprint density at radius 2 is 1.97 bits per heavy atom. The van der Waals surface area contributed by atoms with Gasteiger partial charge in [-0.05, 0) is 46.0 Å². The molecule has 2 aliphatic heterocycles. The number of aryl methyl sites for hydroxylation is 1. The van der Waals surface area contributed by atoms with Crippen LogP contribution in [0.1, 0.15) is 70.2 Å². The fraction of sp³-hybridized carbons (Fsp3) is 0.667. The van der Waals surface area contributed by atoms with Gasteiger partial charge in [0.1, 0.15) is 12.3 Å². The van der Waals surface area contributed by atoms with Crippen molar-refractivity contribution >= 4 is 33.6 Å². The smallest absolute Gasteiger partial charge is 0.306 e. The van der Waals surface area contributed by atoms with E-state index in [9.17, 15) is 13.2 Å². The fourth-order valence-electron chi connectivity index (χ4n) is 5.24. The van der Waals surface area contributed by atoms with Crippen molar-refractivity contribution in [2.24, 2.45) is 0 Å². The number of carbonyl (C=O) groups excluding carboxylic acids is 1. The van der Waals surface area contributed by atoms with E-state index >= 15 is 4.39 Å². The zero-order chi connectivity index (χ0) is 26.7. The van der Waals surface area contributed by atoms with Gasteiger partial charge in [0.15, 0.2) is 17.5 Å². The van der Waals surface area contributed by atoms with Crippen LogP contribution in [0.3, 0.4) is 0 Å². The van der Waals surface area contributed by atoms with E-state index in [0.717, 1.165) is 25.0 Å². The first kappa shape index (κ1) is 27.2. The van der Waals surface area contributed by atoms with Crippen molar-refractivity contribution in [3.63, 3.8) is 0 Å². The van der Waals surface area contributed by atoms with Crippen molar-refractivity contribution in [2.75, 3.05) is 23.0 Å². The molecule has 0 unspecified atom stereocenters. The maximum absolute atomic E-state index is 15.4. The molecule has 2 bridgehead atoms. The molecule has 3 atom stereocenters.